The Morgan fingerprint density at radius 3 is 2.83 bits per heavy atom. The van der Waals surface area contributed by atoms with Gasteiger partial charge in [-0.2, -0.15) is 5.10 Å². The van der Waals surface area contributed by atoms with Gasteiger partial charge in [-0.25, -0.2) is 0 Å². The summed E-state index contributed by atoms with van der Waals surface area (Å²) in [7, 11) is 1.94. The maximum atomic E-state index is 10.1. The van der Waals surface area contributed by atoms with E-state index in [0.29, 0.717) is 6.04 Å². The van der Waals surface area contributed by atoms with E-state index in [1.807, 2.05) is 30.2 Å². The maximum Gasteiger partial charge on any atom is 0.0682 e. The molecule has 23 heavy (non-hydrogen) atoms. The summed E-state index contributed by atoms with van der Waals surface area (Å²) < 4.78 is 1.83. The maximum absolute atomic E-state index is 10.1. The highest BCUT2D eigenvalue weighted by Gasteiger charge is 2.30. The Hall–Kier alpha value is -1.69. The van der Waals surface area contributed by atoms with Crippen molar-refractivity contribution in [1.29, 1.82) is 0 Å². The molecule has 0 radical (unpaired) electrons. The summed E-state index contributed by atoms with van der Waals surface area (Å²) in [5.74, 6) is 0. The van der Waals surface area contributed by atoms with Gasteiger partial charge >= 0.3 is 0 Å². The van der Waals surface area contributed by atoms with Gasteiger partial charge in [0.15, 0.2) is 0 Å². The van der Waals surface area contributed by atoms with Gasteiger partial charge in [0.25, 0.3) is 0 Å². The number of nitrogens with one attached hydrogen (secondary N) is 1. The smallest absolute Gasteiger partial charge is 0.0682 e. The number of hydrogen-bond acceptors (Lipinski definition) is 4. The van der Waals surface area contributed by atoms with Crippen LogP contribution in [0.3, 0.4) is 0 Å². The molecule has 0 bridgehead atoms. The third kappa shape index (κ3) is 4.19. The van der Waals surface area contributed by atoms with E-state index >= 15 is 0 Å². The SMILES string of the molecule is C[C@H](NC[C@H]1C[C@H](O)CN1Cc1ccccc1)c1cnn(C)c1. The predicted molar refractivity (Wildman–Crippen MR) is 90.9 cm³/mol. The van der Waals surface area contributed by atoms with Gasteiger partial charge in [-0.1, -0.05) is 30.3 Å². The van der Waals surface area contributed by atoms with Crippen LogP contribution in [0.4, 0.5) is 0 Å². The monoisotopic (exact) mass is 314 g/mol. The number of aliphatic hydroxyl groups excluding tert-OH is 1. The molecular weight excluding hydrogens is 288 g/mol. The molecule has 0 unspecified atom stereocenters. The first kappa shape index (κ1) is 16.2. The van der Waals surface area contributed by atoms with Crippen LogP contribution in [0, 0.1) is 0 Å². The predicted octanol–water partition coefficient (Wildman–Crippen LogP) is 1.71. The lowest BCUT2D eigenvalue weighted by molar-refractivity contribution is 0.172. The van der Waals surface area contributed by atoms with Crippen molar-refractivity contribution in [2.75, 3.05) is 13.1 Å². The topological polar surface area (TPSA) is 53.3 Å². The lowest BCUT2D eigenvalue weighted by atomic mass is 10.1. The van der Waals surface area contributed by atoms with E-state index in [4.69, 9.17) is 0 Å². The van der Waals surface area contributed by atoms with Crippen LogP contribution in [0.2, 0.25) is 0 Å². The van der Waals surface area contributed by atoms with Crippen LogP contribution in [-0.2, 0) is 13.6 Å². The van der Waals surface area contributed by atoms with E-state index in [9.17, 15) is 5.11 Å². The van der Waals surface area contributed by atoms with Crippen LogP contribution in [0.1, 0.15) is 30.5 Å². The molecule has 5 heteroatoms. The van der Waals surface area contributed by atoms with Crippen LogP contribution in [0.15, 0.2) is 42.7 Å². The van der Waals surface area contributed by atoms with Gasteiger partial charge in [-0.3, -0.25) is 9.58 Å². The number of likely N-dealkylation sites (tertiary alicyclic amines) is 1. The number of benzene rings is 1. The second-order valence-corrected chi connectivity index (χ2v) is 6.54. The minimum atomic E-state index is -0.223. The Balaban J connectivity index is 1.57. The zero-order valence-corrected chi connectivity index (χ0v) is 13.9. The van der Waals surface area contributed by atoms with E-state index in [-0.39, 0.29) is 12.1 Å². The van der Waals surface area contributed by atoms with Gasteiger partial charge in [0, 0.05) is 50.5 Å². The van der Waals surface area contributed by atoms with Gasteiger partial charge in [-0.05, 0) is 18.9 Å². The van der Waals surface area contributed by atoms with Crippen molar-refractivity contribution in [2.45, 2.75) is 38.1 Å². The number of β-amino-alcohol motifs (C(OH)–C–C–N with tert-alkyl or cyclic N) is 1. The summed E-state index contributed by atoms with van der Waals surface area (Å²) in [6.07, 6.45) is 4.56. The molecule has 2 N–H and O–H groups in total. The summed E-state index contributed by atoms with van der Waals surface area (Å²) in [5.41, 5.74) is 2.49. The lowest BCUT2D eigenvalue weighted by Gasteiger charge is -2.26. The van der Waals surface area contributed by atoms with Crippen molar-refractivity contribution in [3.05, 3.63) is 53.9 Å². The average molecular weight is 314 g/mol. The van der Waals surface area contributed by atoms with Crippen LogP contribution in [0.25, 0.3) is 0 Å². The fraction of sp³-hybridized carbons (Fsp3) is 0.500. The van der Waals surface area contributed by atoms with Crippen molar-refractivity contribution in [1.82, 2.24) is 20.0 Å². The van der Waals surface area contributed by atoms with Gasteiger partial charge < -0.3 is 10.4 Å². The standard InChI is InChI=1S/C18H26N4O/c1-14(16-9-20-21(2)12-16)19-10-17-8-18(23)13-22(17)11-15-6-4-3-5-7-15/h3-7,9,12,14,17-19,23H,8,10-11,13H2,1-2H3/t14-,17+,18-/m0/s1. The van der Waals surface area contributed by atoms with Crippen LogP contribution < -0.4 is 5.32 Å². The Kier molecular flexibility index (Phi) is 5.10. The zero-order chi connectivity index (χ0) is 16.2. The quantitative estimate of drug-likeness (QED) is 0.852. The third-order valence-corrected chi connectivity index (χ3v) is 4.62. The van der Waals surface area contributed by atoms with Crippen molar-refractivity contribution in [2.24, 2.45) is 7.05 Å². The number of rotatable bonds is 6. The van der Waals surface area contributed by atoms with Crippen molar-refractivity contribution >= 4 is 0 Å². The van der Waals surface area contributed by atoms with Crippen LogP contribution >= 0.6 is 0 Å². The highest BCUT2D eigenvalue weighted by Crippen LogP contribution is 2.21. The highest BCUT2D eigenvalue weighted by molar-refractivity contribution is 5.15. The molecule has 1 aromatic heterocycles. The number of aliphatic hydroxyl groups is 1. The molecule has 1 saturated heterocycles. The largest absolute Gasteiger partial charge is 0.392 e. The van der Waals surface area contributed by atoms with Crippen molar-refractivity contribution in [3.63, 3.8) is 0 Å². The molecule has 1 aliphatic rings. The molecule has 0 saturated carbocycles. The average Bonchev–Trinajstić information content (AvgIpc) is 3.12. The zero-order valence-electron chi connectivity index (χ0n) is 13.9. The Morgan fingerprint density at radius 2 is 2.13 bits per heavy atom. The molecule has 3 atom stereocenters. The molecule has 1 aliphatic heterocycles. The number of hydrogen-bond donors (Lipinski definition) is 2. The van der Waals surface area contributed by atoms with E-state index < -0.39 is 0 Å². The van der Waals surface area contributed by atoms with Gasteiger partial charge in [0.1, 0.15) is 0 Å². The second-order valence-electron chi connectivity index (χ2n) is 6.54. The normalized spacial score (nSPS) is 23.3. The number of nitrogens with zero attached hydrogens (tertiary/aromatic N) is 3. The molecule has 1 fully saturated rings. The fourth-order valence-corrected chi connectivity index (χ4v) is 3.28. The fourth-order valence-electron chi connectivity index (χ4n) is 3.28. The first-order valence-electron chi connectivity index (χ1n) is 8.30. The lowest BCUT2D eigenvalue weighted by Crippen LogP contribution is -2.38. The molecule has 3 rings (SSSR count). The summed E-state index contributed by atoms with van der Waals surface area (Å²) in [4.78, 5) is 2.38. The summed E-state index contributed by atoms with van der Waals surface area (Å²) in [5, 5.41) is 17.9. The molecule has 2 heterocycles. The van der Waals surface area contributed by atoms with Crippen molar-refractivity contribution < 1.29 is 5.11 Å². The summed E-state index contributed by atoms with van der Waals surface area (Å²) in [6, 6.07) is 11.1. The summed E-state index contributed by atoms with van der Waals surface area (Å²) >= 11 is 0. The summed E-state index contributed by atoms with van der Waals surface area (Å²) in [6.45, 7) is 4.68. The Bertz CT molecular complexity index is 612. The highest BCUT2D eigenvalue weighted by atomic mass is 16.3. The van der Waals surface area contributed by atoms with Crippen molar-refractivity contribution in [3.8, 4) is 0 Å². The molecular formula is C18H26N4O. The first-order valence-corrected chi connectivity index (χ1v) is 8.30. The molecule has 0 amide bonds. The van der Waals surface area contributed by atoms with E-state index in [2.05, 4.69) is 46.5 Å². The van der Waals surface area contributed by atoms with Gasteiger partial charge in [0.2, 0.25) is 0 Å². The van der Waals surface area contributed by atoms with Gasteiger partial charge in [0.05, 0.1) is 12.3 Å². The Morgan fingerprint density at radius 1 is 1.35 bits per heavy atom. The molecule has 2 aromatic rings. The molecule has 5 nitrogen and oxygen atoms in total. The molecule has 1 aromatic carbocycles. The van der Waals surface area contributed by atoms with E-state index in [0.717, 1.165) is 26.1 Å². The third-order valence-electron chi connectivity index (χ3n) is 4.62. The minimum Gasteiger partial charge on any atom is -0.392 e. The van der Waals surface area contributed by atoms with E-state index in [1.165, 1.54) is 11.1 Å². The van der Waals surface area contributed by atoms with E-state index in [1.54, 1.807) is 0 Å². The van der Waals surface area contributed by atoms with Crippen LogP contribution in [-0.4, -0.2) is 45.0 Å². The number of aromatic nitrogens is 2. The minimum absolute atomic E-state index is 0.223. The molecule has 0 spiro atoms. The Labute approximate surface area is 137 Å². The molecule has 0 aliphatic carbocycles. The van der Waals surface area contributed by atoms with Crippen LogP contribution in [0.5, 0.6) is 0 Å². The number of aryl methyl sites for hydroxylation is 1. The van der Waals surface area contributed by atoms with Gasteiger partial charge in [-0.15, -0.1) is 0 Å². The molecule has 124 valence electrons. The first-order chi connectivity index (χ1) is 11.1. The second kappa shape index (κ2) is 7.25.